The maximum atomic E-state index is 3.50. The molecule has 86 valence electrons. The van der Waals surface area contributed by atoms with E-state index in [4.69, 9.17) is 0 Å². The monoisotopic (exact) mass is 216 g/mol. The molecule has 2 nitrogen and oxygen atoms in total. The minimum Gasteiger partial charge on any atom is -0.385 e. The second-order valence-electron chi connectivity index (χ2n) is 4.99. The van der Waals surface area contributed by atoms with Crippen molar-refractivity contribution in [2.45, 2.75) is 31.6 Å². The number of rotatable bonds is 1. The molecule has 2 heteroatoms. The molecule has 0 saturated carbocycles. The highest BCUT2D eigenvalue weighted by molar-refractivity contribution is 5.54. The zero-order valence-corrected chi connectivity index (χ0v) is 9.76. The van der Waals surface area contributed by atoms with Crippen molar-refractivity contribution in [3.63, 3.8) is 0 Å². The van der Waals surface area contributed by atoms with Gasteiger partial charge in [0, 0.05) is 18.8 Å². The molecule has 3 rings (SSSR count). The fraction of sp³-hybridized carbons (Fsp3) is 0.571. The average molecular weight is 216 g/mol. The number of hydrogen-bond acceptors (Lipinski definition) is 2. The van der Waals surface area contributed by atoms with E-state index in [2.05, 4.69) is 28.8 Å². The Labute approximate surface area is 97.4 Å². The molecule has 0 aliphatic carbocycles. The predicted molar refractivity (Wildman–Crippen MR) is 68.1 cm³/mol. The molecule has 0 spiro atoms. The molecule has 1 aromatic carbocycles. The minimum atomic E-state index is 0.737. The van der Waals surface area contributed by atoms with Crippen molar-refractivity contribution in [1.29, 1.82) is 0 Å². The molecule has 1 atom stereocenters. The maximum Gasteiger partial charge on any atom is 0.0372 e. The molecule has 0 bridgehead atoms. The highest BCUT2D eigenvalue weighted by atomic mass is 14.9. The second-order valence-corrected chi connectivity index (χ2v) is 4.99. The second kappa shape index (κ2) is 4.46. The third kappa shape index (κ3) is 1.94. The SMILES string of the molecule is c1cc2c(cc1C1CCCNC1)CCCN2. The lowest BCUT2D eigenvalue weighted by atomic mass is 9.89. The van der Waals surface area contributed by atoms with Gasteiger partial charge in [-0.1, -0.05) is 12.1 Å². The summed E-state index contributed by atoms with van der Waals surface area (Å²) in [6, 6.07) is 7.02. The molecule has 2 aliphatic heterocycles. The number of hydrogen-bond donors (Lipinski definition) is 2. The van der Waals surface area contributed by atoms with Gasteiger partial charge in [0.1, 0.15) is 0 Å². The van der Waals surface area contributed by atoms with E-state index in [0.717, 1.165) is 19.0 Å². The third-order valence-electron chi connectivity index (χ3n) is 3.84. The highest BCUT2D eigenvalue weighted by Gasteiger charge is 2.17. The van der Waals surface area contributed by atoms with Crippen molar-refractivity contribution in [3.8, 4) is 0 Å². The topological polar surface area (TPSA) is 24.1 Å². The number of benzene rings is 1. The molecule has 16 heavy (non-hydrogen) atoms. The molecule has 2 aliphatic rings. The molecule has 0 amide bonds. The molecular formula is C14H20N2. The van der Waals surface area contributed by atoms with Crippen LogP contribution in [0.4, 0.5) is 5.69 Å². The Morgan fingerprint density at radius 1 is 1.12 bits per heavy atom. The van der Waals surface area contributed by atoms with E-state index in [1.54, 1.807) is 0 Å². The third-order valence-corrected chi connectivity index (χ3v) is 3.84. The van der Waals surface area contributed by atoms with Gasteiger partial charge in [-0.25, -0.2) is 0 Å². The normalized spacial score (nSPS) is 24.6. The Balaban J connectivity index is 1.84. The van der Waals surface area contributed by atoms with E-state index in [1.807, 2.05) is 0 Å². The number of fused-ring (bicyclic) bond motifs is 1. The fourth-order valence-electron chi connectivity index (χ4n) is 2.89. The molecular weight excluding hydrogens is 196 g/mol. The lowest BCUT2D eigenvalue weighted by molar-refractivity contribution is 0.461. The first-order valence-corrected chi connectivity index (χ1v) is 6.51. The number of anilines is 1. The zero-order valence-electron chi connectivity index (χ0n) is 9.76. The van der Waals surface area contributed by atoms with Crippen LogP contribution in [0.5, 0.6) is 0 Å². The molecule has 2 heterocycles. The Morgan fingerprint density at radius 3 is 3.00 bits per heavy atom. The van der Waals surface area contributed by atoms with Gasteiger partial charge in [-0.2, -0.15) is 0 Å². The van der Waals surface area contributed by atoms with Crippen molar-refractivity contribution in [1.82, 2.24) is 5.32 Å². The van der Waals surface area contributed by atoms with Gasteiger partial charge in [0.05, 0.1) is 0 Å². The summed E-state index contributed by atoms with van der Waals surface area (Å²) in [5.41, 5.74) is 4.42. The highest BCUT2D eigenvalue weighted by Crippen LogP contribution is 2.29. The lowest BCUT2D eigenvalue weighted by Crippen LogP contribution is -2.28. The van der Waals surface area contributed by atoms with Gasteiger partial charge in [0.15, 0.2) is 0 Å². The maximum absolute atomic E-state index is 3.50. The van der Waals surface area contributed by atoms with Crippen LogP contribution >= 0.6 is 0 Å². The van der Waals surface area contributed by atoms with Crippen LogP contribution in [0.25, 0.3) is 0 Å². The quantitative estimate of drug-likeness (QED) is 0.753. The number of piperidine rings is 1. The summed E-state index contributed by atoms with van der Waals surface area (Å²) in [5, 5.41) is 6.97. The molecule has 1 fully saturated rings. The number of nitrogens with one attached hydrogen (secondary N) is 2. The van der Waals surface area contributed by atoms with E-state index >= 15 is 0 Å². The van der Waals surface area contributed by atoms with Crippen molar-refractivity contribution in [2.24, 2.45) is 0 Å². The molecule has 0 aromatic heterocycles. The minimum absolute atomic E-state index is 0.737. The molecule has 1 unspecified atom stereocenters. The Kier molecular flexibility index (Phi) is 2.83. The molecule has 1 aromatic rings. The first kappa shape index (κ1) is 10.2. The summed E-state index contributed by atoms with van der Waals surface area (Å²) >= 11 is 0. The van der Waals surface area contributed by atoms with Crippen molar-refractivity contribution < 1.29 is 0 Å². The molecule has 2 N–H and O–H groups in total. The Morgan fingerprint density at radius 2 is 2.12 bits per heavy atom. The van der Waals surface area contributed by atoms with Crippen molar-refractivity contribution in [3.05, 3.63) is 29.3 Å². The summed E-state index contributed by atoms with van der Waals surface area (Å²) in [6.07, 6.45) is 5.19. The molecule has 0 radical (unpaired) electrons. The first-order chi connectivity index (χ1) is 7.93. The Bertz CT molecular complexity index is 367. The Hall–Kier alpha value is -1.02. The lowest BCUT2D eigenvalue weighted by Gasteiger charge is -2.25. The fourth-order valence-corrected chi connectivity index (χ4v) is 2.89. The standard InChI is InChI=1S/C14H20N2/c1-4-13(10-15-7-1)11-5-6-14-12(9-11)3-2-8-16-14/h5-6,9,13,15-16H,1-4,7-8,10H2. The van der Waals surface area contributed by atoms with Crippen molar-refractivity contribution in [2.75, 3.05) is 25.0 Å². The van der Waals surface area contributed by atoms with Crippen LogP contribution in [0.1, 0.15) is 36.3 Å². The van der Waals surface area contributed by atoms with Gasteiger partial charge in [0.2, 0.25) is 0 Å². The van der Waals surface area contributed by atoms with Crippen LogP contribution in [0.3, 0.4) is 0 Å². The van der Waals surface area contributed by atoms with Crippen LogP contribution in [0.2, 0.25) is 0 Å². The van der Waals surface area contributed by atoms with Gasteiger partial charge in [-0.3, -0.25) is 0 Å². The molecule has 1 saturated heterocycles. The van der Waals surface area contributed by atoms with Gasteiger partial charge in [0.25, 0.3) is 0 Å². The number of aryl methyl sites for hydroxylation is 1. The van der Waals surface area contributed by atoms with Gasteiger partial charge < -0.3 is 10.6 Å². The summed E-state index contributed by atoms with van der Waals surface area (Å²) in [4.78, 5) is 0. The van der Waals surface area contributed by atoms with E-state index in [1.165, 1.54) is 49.0 Å². The van der Waals surface area contributed by atoms with Crippen LogP contribution in [0, 0.1) is 0 Å². The van der Waals surface area contributed by atoms with Gasteiger partial charge >= 0.3 is 0 Å². The van der Waals surface area contributed by atoms with Crippen LogP contribution < -0.4 is 10.6 Å². The van der Waals surface area contributed by atoms with E-state index in [-0.39, 0.29) is 0 Å². The van der Waals surface area contributed by atoms with Gasteiger partial charge in [-0.05, 0) is 55.3 Å². The summed E-state index contributed by atoms with van der Waals surface area (Å²) in [5.74, 6) is 0.737. The van der Waals surface area contributed by atoms with Crippen LogP contribution in [0.15, 0.2) is 18.2 Å². The average Bonchev–Trinajstić information content (AvgIpc) is 2.39. The van der Waals surface area contributed by atoms with Gasteiger partial charge in [-0.15, -0.1) is 0 Å². The van der Waals surface area contributed by atoms with E-state index in [0.29, 0.717) is 0 Å². The van der Waals surface area contributed by atoms with Crippen LogP contribution in [-0.2, 0) is 6.42 Å². The van der Waals surface area contributed by atoms with E-state index in [9.17, 15) is 0 Å². The summed E-state index contributed by atoms with van der Waals surface area (Å²) in [7, 11) is 0. The summed E-state index contributed by atoms with van der Waals surface area (Å²) < 4.78 is 0. The zero-order chi connectivity index (χ0) is 10.8. The first-order valence-electron chi connectivity index (χ1n) is 6.51. The largest absolute Gasteiger partial charge is 0.385 e. The smallest absolute Gasteiger partial charge is 0.0372 e. The summed E-state index contributed by atoms with van der Waals surface area (Å²) in [6.45, 7) is 3.49. The van der Waals surface area contributed by atoms with Crippen LogP contribution in [-0.4, -0.2) is 19.6 Å². The van der Waals surface area contributed by atoms with E-state index < -0.39 is 0 Å². The predicted octanol–water partition coefficient (Wildman–Crippen LogP) is 2.51. The van der Waals surface area contributed by atoms with Crippen molar-refractivity contribution >= 4 is 5.69 Å².